The Balaban J connectivity index is 1.60. The van der Waals surface area contributed by atoms with Crippen LogP contribution in [0.1, 0.15) is 33.7 Å². The summed E-state index contributed by atoms with van der Waals surface area (Å²) >= 11 is 0. The molecule has 1 fully saturated rings. The van der Waals surface area contributed by atoms with Gasteiger partial charge in [-0.25, -0.2) is 0 Å². The Kier molecular flexibility index (Phi) is 5.02. The molecule has 2 heterocycles. The summed E-state index contributed by atoms with van der Waals surface area (Å²) in [6.45, 7) is 5.85. The van der Waals surface area contributed by atoms with Crippen LogP contribution < -0.4 is 5.32 Å². The number of aromatic amines is 1. The summed E-state index contributed by atoms with van der Waals surface area (Å²) < 4.78 is 0. The van der Waals surface area contributed by atoms with Crippen molar-refractivity contribution in [1.29, 1.82) is 0 Å². The van der Waals surface area contributed by atoms with Gasteiger partial charge in [-0.3, -0.25) is 9.69 Å². The van der Waals surface area contributed by atoms with Gasteiger partial charge in [-0.15, -0.1) is 0 Å². The highest BCUT2D eigenvalue weighted by atomic mass is 16.3. The molecule has 24 heavy (non-hydrogen) atoms. The van der Waals surface area contributed by atoms with Gasteiger partial charge in [0.2, 0.25) is 0 Å². The number of rotatable bonds is 5. The maximum absolute atomic E-state index is 12.4. The number of aliphatic hydroxyl groups excluding tert-OH is 1. The number of β-amino-alcohol motifs (C(OH)–C–C–N with tert-alkyl or cyclic N) is 1. The van der Waals surface area contributed by atoms with E-state index in [0.29, 0.717) is 25.2 Å². The van der Waals surface area contributed by atoms with Crippen LogP contribution in [0, 0.1) is 13.8 Å². The van der Waals surface area contributed by atoms with E-state index in [0.717, 1.165) is 17.8 Å². The van der Waals surface area contributed by atoms with E-state index >= 15 is 0 Å². The van der Waals surface area contributed by atoms with Crippen LogP contribution in [0.25, 0.3) is 0 Å². The number of nitrogens with one attached hydrogen (secondary N) is 2. The quantitative estimate of drug-likeness (QED) is 0.787. The first kappa shape index (κ1) is 16.7. The molecule has 1 aromatic carbocycles. The second-order valence-corrected chi connectivity index (χ2v) is 6.68. The highest BCUT2D eigenvalue weighted by Crippen LogP contribution is 2.20. The van der Waals surface area contributed by atoms with Crippen molar-refractivity contribution in [2.24, 2.45) is 0 Å². The molecule has 1 amide bonds. The van der Waals surface area contributed by atoms with Gasteiger partial charge in [0, 0.05) is 31.4 Å². The van der Waals surface area contributed by atoms with Gasteiger partial charge in [0.05, 0.1) is 6.10 Å². The molecule has 2 aromatic rings. The third-order valence-electron chi connectivity index (χ3n) is 4.61. The van der Waals surface area contributed by atoms with Gasteiger partial charge < -0.3 is 15.4 Å². The zero-order valence-corrected chi connectivity index (χ0v) is 14.2. The van der Waals surface area contributed by atoms with Gasteiger partial charge >= 0.3 is 0 Å². The van der Waals surface area contributed by atoms with Crippen LogP contribution >= 0.6 is 0 Å². The number of aliphatic hydroxyl groups is 1. The number of nitrogens with zero attached hydrogens (tertiary/aromatic N) is 1. The molecule has 1 saturated heterocycles. The Morgan fingerprint density at radius 1 is 1.33 bits per heavy atom. The van der Waals surface area contributed by atoms with E-state index < -0.39 is 0 Å². The predicted octanol–water partition coefficient (Wildman–Crippen LogP) is 2.00. The third kappa shape index (κ3) is 3.86. The lowest BCUT2D eigenvalue weighted by atomic mass is 10.1. The largest absolute Gasteiger partial charge is 0.392 e. The maximum atomic E-state index is 12.4. The van der Waals surface area contributed by atoms with Crippen molar-refractivity contribution in [1.82, 2.24) is 15.2 Å². The smallest absolute Gasteiger partial charge is 0.268 e. The first-order valence-corrected chi connectivity index (χ1v) is 8.43. The van der Waals surface area contributed by atoms with Crippen LogP contribution in [0.2, 0.25) is 0 Å². The number of aromatic nitrogens is 1. The minimum atomic E-state index is -0.329. The molecule has 128 valence electrons. The molecule has 1 aliphatic heterocycles. The number of hydrogen-bond acceptors (Lipinski definition) is 3. The summed E-state index contributed by atoms with van der Waals surface area (Å²) in [4.78, 5) is 17.7. The molecule has 2 atom stereocenters. The van der Waals surface area contributed by atoms with E-state index in [1.165, 1.54) is 5.56 Å². The summed E-state index contributed by atoms with van der Waals surface area (Å²) in [5.74, 6) is -0.0818. The van der Waals surface area contributed by atoms with Crippen molar-refractivity contribution in [2.75, 3.05) is 13.1 Å². The Morgan fingerprint density at radius 3 is 2.75 bits per heavy atom. The van der Waals surface area contributed by atoms with E-state index in [-0.39, 0.29) is 18.1 Å². The Hall–Kier alpha value is -2.11. The van der Waals surface area contributed by atoms with Gasteiger partial charge in [-0.1, -0.05) is 30.3 Å². The van der Waals surface area contributed by atoms with Gasteiger partial charge in [0.1, 0.15) is 5.69 Å². The van der Waals surface area contributed by atoms with Gasteiger partial charge in [-0.05, 0) is 37.5 Å². The van der Waals surface area contributed by atoms with Crippen LogP contribution in [-0.2, 0) is 6.54 Å². The summed E-state index contributed by atoms with van der Waals surface area (Å²) in [5, 5.41) is 13.0. The summed E-state index contributed by atoms with van der Waals surface area (Å²) in [6, 6.07) is 12.3. The summed E-state index contributed by atoms with van der Waals surface area (Å²) in [5.41, 5.74) is 3.79. The maximum Gasteiger partial charge on any atom is 0.268 e. The Labute approximate surface area is 142 Å². The number of carbonyl (C=O) groups is 1. The van der Waals surface area contributed by atoms with Crippen LogP contribution in [0.5, 0.6) is 0 Å². The van der Waals surface area contributed by atoms with Crippen molar-refractivity contribution in [3.05, 3.63) is 58.9 Å². The lowest BCUT2D eigenvalue weighted by molar-refractivity contribution is 0.0934. The van der Waals surface area contributed by atoms with E-state index in [9.17, 15) is 9.90 Å². The van der Waals surface area contributed by atoms with Crippen molar-refractivity contribution < 1.29 is 9.90 Å². The molecule has 3 rings (SSSR count). The van der Waals surface area contributed by atoms with E-state index in [1.54, 1.807) is 0 Å². The molecule has 5 heteroatoms. The number of hydrogen-bond donors (Lipinski definition) is 3. The van der Waals surface area contributed by atoms with Crippen LogP contribution in [-0.4, -0.2) is 46.1 Å². The van der Waals surface area contributed by atoms with E-state index in [2.05, 4.69) is 27.3 Å². The normalized spacial score (nSPS) is 21.1. The zero-order valence-electron chi connectivity index (χ0n) is 14.2. The topological polar surface area (TPSA) is 68.4 Å². The monoisotopic (exact) mass is 327 g/mol. The number of aryl methyl sites for hydroxylation is 2. The Morgan fingerprint density at radius 2 is 2.08 bits per heavy atom. The number of likely N-dealkylation sites (tertiary alicyclic amines) is 1. The third-order valence-corrected chi connectivity index (χ3v) is 4.61. The highest BCUT2D eigenvalue weighted by molar-refractivity contribution is 5.94. The second kappa shape index (κ2) is 7.20. The molecule has 0 bridgehead atoms. The molecule has 3 N–H and O–H groups in total. The molecule has 5 nitrogen and oxygen atoms in total. The minimum Gasteiger partial charge on any atom is -0.392 e. The molecule has 2 unspecified atom stereocenters. The fourth-order valence-corrected chi connectivity index (χ4v) is 3.44. The van der Waals surface area contributed by atoms with Gasteiger partial charge in [0.25, 0.3) is 5.91 Å². The lowest BCUT2D eigenvalue weighted by Gasteiger charge is -2.24. The van der Waals surface area contributed by atoms with Crippen molar-refractivity contribution in [3.8, 4) is 0 Å². The molecule has 0 radical (unpaired) electrons. The average Bonchev–Trinajstić information content (AvgIpc) is 3.07. The minimum absolute atomic E-state index is 0.0818. The van der Waals surface area contributed by atoms with E-state index in [1.807, 2.05) is 38.1 Å². The van der Waals surface area contributed by atoms with Crippen molar-refractivity contribution in [2.45, 2.75) is 39.0 Å². The van der Waals surface area contributed by atoms with Gasteiger partial charge in [0.15, 0.2) is 0 Å². The molecule has 1 aliphatic rings. The highest BCUT2D eigenvalue weighted by Gasteiger charge is 2.31. The molecule has 0 spiro atoms. The molecule has 0 aliphatic carbocycles. The second-order valence-electron chi connectivity index (χ2n) is 6.68. The number of carbonyl (C=O) groups excluding carboxylic acids is 1. The Bertz CT molecular complexity index is 696. The molecular formula is C19H25N3O2. The molecule has 1 aromatic heterocycles. The predicted molar refractivity (Wildman–Crippen MR) is 93.9 cm³/mol. The van der Waals surface area contributed by atoms with E-state index in [4.69, 9.17) is 0 Å². The first-order chi connectivity index (χ1) is 11.5. The summed E-state index contributed by atoms with van der Waals surface area (Å²) in [6.07, 6.45) is 0.362. The molecular weight excluding hydrogens is 302 g/mol. The van der Waals surface area contributed by atoms with Crippen LogP contribution in [0.15, 0.2) is 36.4 Å². The standard InChI is InChI=1S/C19H25N3O2/c1-13-8-14(2)21-18(13)19(24)20-10-16-9-17(23)12-22(16)11-15-6-4-3-5-7-15/h3-8,16-17,21,23H,9-12H2,1-2H3,(H,20,24). The zero-order chi connectivity index (χ0) is 17.1. The lowest BCUT2D eigenvalue weighted by Crippen LogP contribution is -2.40. The average molecular weight is 327 g/mol. The fourth-order valence-electron chi connectivity index (χ4n) is 3.44. The summed E-state index contributed by atoms with van der Waals surface area (Å²) in [7, 11) is 0. The van der Waals surface area contributed by atoms with Crippen LogP contribution in [0.3, 0.4) is 0 Å². The van der Waals surface area contributed by atoms with Crippen LogP contribution in [0.4, 0.5) is 0 Å². The fraction of sp³-hybridized carbons (Fsp3) is 0.421. The number of H-pyrrole nitrogens is 1. The van der Waals surface area contributed by atoms with Crippen molar-refractivity contribution >= 4 is 5.91 Å². The first-order valence-electron chi connectivity index (χ1n) is 8.43. The SMILES string of the molecule is Cc1cc(C)c(C(=O)NCC2CC(O)CN2Cc2ccccc2)[nH]1. The van der Waals surface area contributed by atoms with Crippen molar-refractivity contribution in [3.63, 3.8) is 0 Å². The van der Waals surface area contributed by atoms with Gasteiger partial charge in [-0.2, -0.15) is 0 Å². The number of amides is 1. The number of benzene rings is 1. The molecule has 0 saturated carbocycles.